The van der Waals surface area contributed by atoms with Crippen LogP contribution in [0.1, 0.15) is 12.7 Å². The average Bonchev–Trinajstić information content (AvgIpc) is 3.04. The number of carbonyl (C=O) groups excluding carboxylic acids is 2. The molecule has 1 aliphatic rings. The van der Waals surface area contributed by atoms with E-state index in [1.807, 2.05) is 4.90 Å². The summed E-state index contributed by atoms with van der Waals surface area (Å²) >= 11 is 0. The van der Waals surface area contributed by atoms with Crippen molar-refractivity contribution in [2.45, 2.75) is 19.5 Å². The second-order valence-corrected chi connectivity index (χ2v) is 4.79. The van der Waals surface area contributed by atoms with Crippen molar-refractivity contribution in [3.05, 3.63) is 24.2 Å². The summed E-state index contributed by atoms with van der Waals surface area (Å²) in [7, 11) is 0. The van der Waals surface area contributed by atoms with E-state index in [2.05, 4.69) is 5.32 Å². The SMILES string of the molecule is C[C@H](C(=O)OCC(=O)NCc1ccco1)N1CCOCC1. The van der Waals surface area contributed by atoms with E-state index in [0.717, 1.165) is 0 Å². The van der Waals surface area contributed by atoms with Crippen LogP contribution in [0, 0.1) is 0 Å². The van der Waals surface area contributed by atoms with Crippen LogP contribution >= 0.6 is 0 Å². The fraction of sp³-hybridized carbons (Fsp3) is 0.571. The lowest BCUT2D eigenvalue weighted by atomic mass is 10.2. The first-order chi connectivity index (χ1) is 10.2. The van der Waals surface area contributed by atoms with Crippen LogP contribution in [0.25, 0.3) is 0 Å². The molecule has 1 saturated heterocycles. The van der Waals surface area contributed by atoms with Crippen LogP contribution < -0.4 is 5.32 Å². The Morgan fingerprint density at radius 3 is 2.86 bits per heavy atom. The van der Waals surface area contributed by atoms with Crippen molar-refractivity contribution < 1.29 is 23.5 Å². The third kappa shape index (κ3) is 4.87. The van der Waals surface area contributed by atoms with Crippen LogP contribution in [0.3, 0.4) is 0 Å². The number of nitrogens with one attached hydrogen (secondary N) is 1. The molecule has 1 aromatic heterocycles. The van der Waals surface area contributed by atoms with Gasteiger partial charge < -0.3 is 19.2 Å². The summed E-state index contributed by atoms with van der Waals surface area (Å²) in [5, 5.41) is 2.62. The topological polar surface area (TPSA) is 81.0 Å². The van der Waals surface area contributed by atoms with E-state index in [1.54, 1.807) is 19.1 Å². The van der Waals surface area contributed by atoms with Crippen LogP contribution in [-0.2, 0) is 25.6 Å². The van der Waals surface area contributed by atoms with Crippen molar-refractivity contribution in [3.63, 3.8) is 0 Å². The molecule has 0 aliphatic carbocycles. The maximum Gasteiger partial charge on any atom is 0.323 e. The Morgan fingerprint density at radius 1 is 1.43 bits per heavy atom. The number of hydrogen-bond donors (Lipinski definition) is 1. The van der Waals surface area contributed by atoms with E-state index in [0.29, 0.717) is 32.1 Å². The zero-order chi connectivity index (χ0) is 15.1. The van der Waals surface area contributed by atoms with Crippen molar-refractivity contribution in [2.75, 3.05) is 32.9 Å². The summed E-state index contributed by atoms with van der Waals surface area (Å²) in [5.74, 6) is -0.102. The first kappa shape index (κ1) is 15.5. The summed E-state index contributed by atoms with van der Waals surface area (Å²) in [5.41, 5.74) is 0. The standard InChI is InChI=1S/C14H20N2O5/c1-11(16-4-7-19-8-5-16)14(18)21-10-13(17)15-9-12-3-2-6-20-12/h2-3,6,11H,4-5,7-10H2,1H3,(H,15,17)/t11-/m1/s1. The van der Waals surface area contributed by atoms with Crippen molar-refractivity contribution in [1.29, 1.82) is 0 Å². The minimum atomic E-state index is -0.398. The number of nitrogens with zero attached hydrogens (tertiary/aromatic N) is 1. The van der Waals surface area contributed by atoms with Crippen LogP contribution in [0.15, 0.2) is 22.8 Å². The Hall–Kier alpha value is -1.86. The highest BCUT2D eigenvalue weighted by atomic mass is 16.5. The minimum absolute atomic E-state index is 0.280. The monoisotopic (exact) mass is 296 g/mol. The van der Waals surface area contributed by atoms with Crippen LogP contribution in [0.2, 0.25) is 0 Å². The van der Waals surface area contributed by atoms with Crippen molar-refractivity contribution in [3.8, 4) is 0 Å². The molecule has 2 rings (SSSR count). The Labute approximate surface area is 123 Å². The molecule has 7 nitrogen and oxygen atoms in total. The van der Waals surface area contributed by atoms with Gasteiger partial charge in [0.25, 0.3) is 5.91 Å². The molecule has 0 radical (unpaired) electrons. The van der Waals surface area contributed by atoms with E-state index in [4.69, 9.17) is 13.9 Å². The maximum atomic E-state index is 11.9. The van der Waals surface area contributed by atoms with E-state index in [-0.39, 0.29) is 25.1 Å². The van der Waals surface area contributed by atoms with Gasteiger partial charge in [0.2, 0.25) is 0 Å². The summed E-state index contributed by atoms with van der Waals surface area (Å²) in [6, 6.07) is 3.13. The molecule has 0 aromatic carbocycles. The van der Waals surface area contributed by atoms with Gasteiger partial charge in [-0.1, -0.05) is 0 Å². The molecule has 0 bridgehead atoms. The molecule has 116 valence electrons. The second kappa shape index (κ2) is 7.80. The van der Waals surface area contributed by atoms with Gasteiger partial charge in [-0.25, -0.2) is 0 Å². The lowest BCUT2D eigenvalue weighted by Crippen LogP contribution is -2.46. The molecule has 1 amide bonds. The van der Waals surface area contributed by atoms with Gasteiger partial charge in [-0.05, 0) is 19.1 Å². The normalized spacial score (nSPS) is 17.2. The van der Waals surface area contributed by atoms with Gasteiger partial charge in [-0.2, -0.15) is 0 Å². The second-order valence-electron chi connectivity index (χ2n) is 4.79. The third-order valence-corrected chi connectivity index (χ3v) is 3.32. The predicted octanol–water partition coefficient (Wildman–Crippen LogP) is 0.160. The summed E-state index contributed by atoms with van der Waals surface area (Å²) in [6.07, 6.45) is 1.53. The summed E-state index contributed by atoms with van der Waals surface area (Å²) in [6.45, 7) is 4.38. The number of amides is 1. The van der Waals surface area contributed by atoms with Crippen molar-refractivity contribution in [1.82, 2.24) is 10.2 Å². The molecule has 1 atom stereocenters. The zero-order valence-corrected chi connectivity index (χ0v) is 12.0. The number of furan rings is 1. The Kier molecular flexibility index (Phi) is 5.77. The lowest BCUT2D eigenvalue weighted by Gasteiger charge is -2.30. The van der Waals surface area contributed by atoms with Gasteiger partial charge in [0.1, 0.15) is 11.8 Å². The zero-order valence-electron chi connectivity index (χ0n) is 12.0. The van der Waals surface area contributed by atoms with Gasteiger partial charge in [-0.3, -0.25) is 14.5 Å². The van der Waals surface area contributed by atoms with E-state index in [9.17, 15) is 9.59 Å². The molecule has 7 heteroatoms. The minimum Gasteiger partial charge on any atom is -0.467 e. The summed E-state index contributed by atoms with van der Waals surface area (Å²) in [4.78, 5) is 25.4. The highest BCUT2D eigenvalue weighted by molar-refractivity contribution is 5.82. The quantitative estimate of drug-likeness (QED) is 0.753. The van der Waals surface area contributed by atoms with Gasteiger partial charge >= 0.3 is 5.97 Å². The van der Waals surface area contributed by atoms with Crippen LogP contribution in [0.4, 0.5) is 0 Å². The molecule has 1 N–H and O–H groups in total. The maximum absolute atomic E-state index is 11.9. The molecule has 2 heterocycles. The molecular formula is C14H20N2O5. The summed E-state index contributed by atoms with van der Waals surface area (Å²) < 4.78 is 15.3. The first-order valence-electron chi connectivity index (χ1n) is 6.94. The van der Waals surface area contributed by atoms with Crippen molar-refractivity contribution >= 4 is 11.9 Å². The Balaban J connectivity index is 1.66. The number of carbonyl (C=O) groups is 2. The molecule has 1 aliphatic heterocycles. The smallest absolute Gasteiger partial charge is 0.323 e. The van der Waals surface area contributed by atoms with Crippen LogP contribution in [0.5, 0.6) is 0 Å². The number of hydrogen-bond acceptors (Lipinski definition) is 6. The number of rotatable bonds is 6. The van der Waals surface area contributed by atoms with Crippen LogP contribution in [-0.4, -0.2) is 55.7 Å². The number of morpholine rings is 1. The van der Waals surface area contributed by atoms with Gasteiger partial charge in [-0.15, -0.1) is 0 Å². The molecule has 0 spiro atoms. The molecule has 0 unspecified atom stereocenters. The molecule has 21 heavy (non-hydrogen) atoms. The lowest BCUT2D eigenvalue weighted by molar-refractivity contribution is -0.154. The molecule has 1 aromatic rings. The Morgan fingerprint density at radius 2 is 2.19 bits per heavy atom. The van der Waals surface area contributed by atoms with Gasteiger partial charge in [0.05, 0.1) is 26.0 Å². The van der Waals surface area contributed by atoms with Crippen molar-refractivity contribution in [2.24, 2.45) is 0 Å². The van der Waals surface area contributed by atoms with E-state index < -0.39 is 5.97 Å². The van der Waals surface area contributed by atoms with Gasteiger partial charge in [0, 0.05) is 13.1 Å². The van der Waals surface area contributed by atoms with E-state index >= 15 is 0 Å². The highest BCUT2D eigenvalue weighted by Gasteiger charge is 2.24. The van der Waals surface area contributed by atoms with Gasteiger partial charge in [0.15, 0.2) is 6.61 Å². The largest absolute Gasteiger partial charge is 0.467 e. The Bertz CT molecular complexity index is 454. The molecular weight excluding hydrogens is 276 g/mol. The third-order valence-electron chi connectivity index (χ3n) is 3.32. The molecule has 1 fully saturated rings. The predicted molar refractivity (Wildman–Crippen MR) is 73.4 cm³/mol. The highest BCUT2D eigenvalue weighted by Crippen LogP contribution is 2.05. The average molecular weight is 296 g/mol. The fourth-order valence-electron chi connectivity index (χ4n) is 2.02. The number of ether oxygens (including phenoxy) is 2. The fourth-order valence-corrected chi connectivity index (χ4v) is 2.02. The number of esters is 1. The molecule has 0 saturated carbocycles. The first-order valence-corrected chi connectivity index (χ1v) is 6.94. The van der Waals surface area contributed by atoms with E-state index in [1.165, 1.54) is 6.26 Å².